The number of hydrogen-bond acceptors (Lipinski definition) is 5. The van der Waals surface area contributed by atoms with Crippen LogP contribution in [0, 0.1) is 6.92 Å². The molecular weight excluding hydrogens is 440 g/mol. The third-order valence-electron chi connectivity index (χ3n) is 6.68. The van der Waals surface area contributed by atoms with Crippen molar-refractivity contribution in [1.82, 2.24) is 10.3 Å². The molecule has 0 radical (unpaired) electrons. The highest BCUT2D eigenvalue weighted by Gasteiger charge is 2.23. The molecule has 2 heterocycles. The number of carbonyl (C=O) groups excluding carboxylic acids is 2. The minimum atomic E-state index is -0.0388. The lowest BCUT2D eigenvalue weighted by Gasteiger charge is -2.26. The van der Waals surface area contributed by atoms with Gasteiger partial charge in [0.05, 0.1) is 0 Å². The zero-order chi connectivity index (χ0) is 24.5. The Morgan fingerprint density at radius 3 is 2.77 bits per heavy atom. The van der Waals surface area contributed by atoms with E-state index in [2.05, 4.69) is 33.8 Å². The first kappa shape index (κ1) is 22.9. The number of hydrogen-bond donors (Lipinski definition) is 2. The van der Waals surface area contributed by atoms with Gasteiger partial charge in [0.15, 0.2) is 0 Å². The second-order valence-corrected chi connectivity index (χ2v) is 9.58. The fourth-order valence-corrected chi connectivity index (χ4v) is 4.82. The minimum absolute atomic E-state index is 0.0207. The predicted molar refractivity (Wildman–Crippen MR) is 136 cm³/mol. The zero-order valence-electron chi connectivity index (χ0n) is 20.4. The Balaban J connectivity index is 1.30. The molecule has 5 rings (SSSR count). The van der Waals surface area contributed by atoms with Crippen molar-refractivity contribution in [2.24, 2.45) is 0 Å². The van der Waals surface area contributed by atoms with Crippen molar-refractivity contribution in [3.63, 3.8) is 0 Å². The van der Waals surface area contributed by atoms with Crippen molar-refractivity contribution in [3.05, 3.63) is 76.5 Å². The Bertz CT molecular complexity index is 1300. The summed E-state index contributed by atoms with van der Waals surface area (Å²) >= 11 is 0. The Morgan fingerprint density at radius 2 is 1.94 bits per heavy atom. The van der Waals surface area contributed by atoms with Crippen LogP contribution >= 0.6 is 0 Å². The third kappa shape index (κ3) is 4.99. The molecule has 2 N–H and O–H groups in total. The summed E-state index contributed by atoms with van der Waals surface area (Å²) in [5, 5.41) is 6.05. The lowest BCUT2D eigenvalue weighted by Crippen LogP contribution is -2.38. The summed E-state index contributed by atoms with van der Waals surface area (Å²) in [6.45, 7) is 2.01. The maximum atomic E-state index is 13.0. The Hall–Kier alpha value is -3.87. The Morgan fingerprint density at radius 1 is 1.09 bits per heavy atom. The molecule has 0 saturated heterocycles. The number of nitrogens with zero attached hydrogens (tertiary/aromatic N) is 2. The molecule has 1 atom stereocenters. The topological polar surface area (TPSA) is 83.6 Å². The van der Waals surface area contributed by atoms with Gasteiger partial charge in [0, 0.05) is 49.6 Å². The molecular formula is C28H30N4O3. The van der Waals surface area contributed by atoms with Gasteiger partial charge in [-0.2, -0.15) is 0 Å². The molecule has 0 fully saturated rings. The number of rotatable bonds is 5. The molecule has 0 saturated carbocycles. The number of nitrogens with one attached hydrogen (secondary N) is 2. The van der Waals surface area contributed by atoms with Gasteiger partial charge in [0.2, 0.25) is 5.91 Å². The fourth-order valence-electron chi connectivity index (χ4n) is 4.82. The molecule has 0 spiro atoms. The van der Waals surface area contributed by atoms with E-state index >= 15 is 0 Å². The van der Waals surface area contributed by atoms with Crippen LogP contribution in [0.25, 0.3) is 0 Å². The quantitative estimate of drug-likeness (QED) is 0.577. The molecule has 35 heavy (non-hydrogen) atoms. The van der Waals surface area contributed by atoms with E-state index in [1.54, 1.807) is 6.20 Å². The smallest absolute Gasteiger partial charge is 0.251 e. The minimum Gasteiger partial charge on any atom is -0.457 e. The summed E-state index contributed by atoms with van der Waals surface area (Å²) in [5.41, 5.74) is 6.17. The highest BCUT2D eigenvalue weighted by Crippen LogP contribution is 2.34. The number of pyridine rings is 1. The van der Waals surface area contributed by atoms with Crippen molar-refractivity contribution < 1.29 is 14.3 Å². The second kappa shape index (κ2) is 9.41. The van der Waals surface area contributed by atoms with Gasteiger partial charge < -0.3 is 20.3 Å². The number of ether oxygens (including phenoxy) is 1. The molecule has 2 aliphatic rings. The molecule has 7 heteroatoms. The number of anilines is 2. The summed E-state index contributed by atoms with van der Waals surface area (Å²) in [6.07, 6.45) is 5.26. The van der Waals surface area contributed by atoms with Crippen LogP contribution < -0.4 is 20.3 Å². The van der Waals surface area contributed by atoms with E-state index in [1.165, 1.54) is 11.1 Å². The number of aryl methyl sites for hydroxylation is 2. The molecule has 2 aromatic carbocycles. The highest BCUT2D eigenvalue weighted by molar-refractivity contribution is 5.95. The third-order valence-corrected chi connectivity index (χ3v) is 6.68. The number of benzene rings is 2. The van der Waals surface area contributed by atoms with Gasteiger partial charge >= 0.3 is 0 Å². The molecule has 1 aromatic heterocycles. The van der Waals surface area contributed by atoms with Crippen LogP contribution in [0.2, 0.25) is 0 Å². The Labute approximate surface area is 205 Å². The van der Waals surface area contributed by atoms with Crippen molar-refractivity contribution in [2.45, 2.75) is 45.1 Å². The van der Waals surface area contributed by atoms with Crippen LogP contribution in [-0.2, 0) is 24.1 Å². The summed E-state index contributed by atoms with van der Waals surface area (Å²) in [5.74, 6) is 1.98. The number of carbonyl (C=O) groups is 2. The lowest BCUT2D eigenvalue weighted by molar-refractivity contribution is -0.116. The molecule has 1 aliphatic carbocycles. The van der Waals surface area contributed by atoms with Crippen molar-refractivity contribution >= 4 is 23.3 Å². The highest BCUT2D eigenvalue weighted by atomic mass is 16.5. The Kier molecular flexibility index (Phi) is 6.16. The van der Waals surface area contributed by atoms with Crippen LogP contribution in [-0.4, -0.2) is 36.9 Å². The fraction of sp³-hybridized carbons (Fsp3) is 0.321. The molecule has 0 bridgehead atoms. The normalized spacial score (nSPS) is 16.5. The maximum absolute atomic E-state index is 13.0. The van der Waals surface area contributed by atoms with Gasteiger partial charge in [-0.05, 0) is 85.7 Å². The van der Waals surface area contributed by atoms with Crippen LogP contribution in [0.3, 0.4) is 0 Å². The monoisotopic (exact) mass is 470 g/mol. The van der Waals surface area contributed by atoms with E-state index in [-0.39, 0.29) is 17.9 Å². The van der Waals surface area contributed by atoms with Gasteiger partial charge in [0.1, 0.15) is 17.3 Å². The van der Waals surface area contributed by atoms with Crippen molar-refractivity contribution in [1.29, 1.82) is 0 Å². The first-order chi connectivity index (χ1) is 16.9. The van der Waals surface area contributed by atoms with E-state index in [4.69, 9.17) is 4.74 Å². The van der Waals surface area contributed by atoms with Crippen LogP contribution in [0.1, 0.15) is 45.5 Å². The SMILES string of the molecule is Cc1cc(C(=O)NC2CCc3ccc(Oc4ccnc5c4CCC(=O)N5)cc3C2)cc(N(C)C)c1. The second-order valence-electron chi connectivity index (χ2n) is 9.58. The van der Waals surface area contributed by atoms with Gasteiger partial charge in [-0.1, -0.05) is 6.07 Å². The van der Waals surface area contributed by atoms with Gasteiger partial charge in [-0.15, -0.1) is 0 Å². The summed E-state index contributed by atoms with van der Waals surface area (Å²) < 4.78 is 6.23. The number of amides is 2. The van der Waals surface area contributed by atoms with Crippen LogP contribution in [0.4, 0.5) is 11.5 Å². The van der Waals surface area contributed by atoms with E-state index in [0.29, 0.717) is 30.0 Å². The van der Waals surface area contributed by atoms with E-state index in [1.807, 2.05) is 50.2 Å². The van der Waals surface area contributed by atoms with Gasteiger partial charge in [-0.25, -0.2) is 4.98 Å². The van der Waals surface area contributed by atoms with Gasteiger partial charge in [-0.3, -0.25) is 9.59 Å². The standard InChI is InChI=1S/C28H30N4O3/c1-17-12-20(15-22(13-17)32(2)3)28(34)30-21-6-4-18-5-7-23(16-19(18)14-21)35-25-10-11-29-27-24(25)8-9-26(33)31-27/h5,7,10-13,15-16,21H,4,6,8-9,14H2,1-3H3,(H,30,34)(H,29,31,33). The summed E-state index contributed by atoms with van der Waals surface area (Å²) in [4.78, 5) is 31.0. The van der Waals surface area contributed by atoms with E-state index in [0.717, 1.165) is 41.8 Å². The predicted octanol–water partition coefficient (Wildman–Crippen LogP) is 4.42. The average molecular weight is 471 g/mol. The molecule has 1 aliphatic heterocycles. The summed E-state index contributed by atoms with van der Waals surface area (Å²) in [6, 6.07) is 14.0. The average Bonchev–Trinajstić information content (AvgIpc) is 2.83. The number of fused-ring (bicyclic) bond motifs is 2. The van der Waals surface area contributed by atoms with Crippen LogP contribution in [0.15, 0.2) is 48.7 Å². The molecule has 1 unspecified atom stereocenters. The lowest BCUT2D eigenvalue weighted by atomic mass is 9.88. The first-order valence-electron chi connectivity index (χ1n) is 12.0. The molecule has 7 nitrogen and oxygen atoms in total. The maximum Gasteiger partial charge on any atom is 0.251 e. The zero-order valence-corrected chi connectivity index (χ0v) is 20.4. The van der Waals surface area contributed by atoms with Crippen LogP contribution in [0.5, 0.6) is 11.5 Å². The molecule has 180 valence electrons. The van der Waals surface area contributed by atoms with Crippen molar-refractivity contribution in [2.75, 3.05) is 24.3 Å². The summed E-state index contributed by atoms with van der Waals surface area (Å²) in [7, 11) is 3.96. The van der Waals surface area contributed by atoms with Crippen molar-refractivity contribution in [3.8, 4) is 11.5 Å². The molecule has 3 aromatic rings. The largest absolute Gasteiger partial charge is 0.457 e. The molecule has 2 amide bonds. The van der Waals surface area contributed by atoms with E-state index in [9.17, 15) is 9.59 Å². The first-order valence-corrected chi connectivity index (χ1v) is 12.0. The van der Waals surface area contributed by atoms with E-state index < -0.39 is 0 Å². The number of aromatic nitrogens is 1. The van der Waals surface area contributed by atoms with Gasteiger partial charge in [0.25, 0.3) is 5.91 Å².